The quantitative estimate of drug-likeness (QED) is 0.835. The van der Waals surface area contributed by atoms with E-state index in [-0.39, 0.29) is 18.1 Å². The van der Waals surface area contributed by atoms with Crippen LogP contribution in [-0.2, 0) is 14.6 Å². The third-order valence-corrected chi connectivity index (χ3v) is 6.64. The number of carbonyl (C=O) groups excluding carboxylic acids is 1. The summed E-state index contributed by atoms with van der Waals surface area (Å²) in [5, 5.41) is 0. The first-order chi connectivity index (χ1) is 11.0. The van der Waals surface area contributed by atoms with Gasteiger partial charge < -0.3 is 4.90 Å². The molecule has 0 aromatic heterocycles. The first-order valence-corrected chi connectivity index (χ1v) is 9.92. The number of benzene rings is 1. The Morgan fingerprint density at radius 1 is 1.17 bits per heavy atom. The van der Waals surface area contributed by atoms with Gasteiger partial charge in [0, 0.05) is 32.1 Å². The van der Waals surface area contributed by atoms with Crippen molar-refractivity contribution in [3.05, 3.63) is 29.8 Å². The molecule has 0 unspecified atom stereocenters. The van der Waals surface area contributed by atoms with Gasteiger partial charge in [0.2, 0.25) is 5.91 Å². The Morgan fingerprint density at radius 3 is 2.65 bits per heavy atom. The van der Waals surface area contributed by atoms with E-state index in [1.165, 1.54) is 6.42 Å². The third-order valence-electron chi connectivity index (χ3n) is 4.90. The molecule has 1 aromatic carbocycles. The molecule has 1 aromatic rings. The molecule has 0 radical (unpaired) electrons. The maximum absolute atomic E-state index is 12.4. The van der Waals surface area contributed by atoms with Crippen LogP contribution in [0.4, 0.5) is 0 Å². The van der Waals surface area contributed by atoms with Gasteiger partial charge in [-0.25, -0.2) is 8.42 Å². The highest BCUT2D eigenvalue weighted by molar-refractivity contribution is 7.91. The zero-order valence-electron chi connectivity index (χ0n) is 13.6. The average Bonchev–Trinajstić information content (AvgIpc) is 3.00. The first-order valence-electron chi connectivity index (χ1n) is 8.27. The van der Waals surface area contributed by atoms with E-state index in [4.69, 9.17) is 0 Å². The van der Waals surface area contributed by atoms with Crippen molar-refractivity contribution in [2.75, 3.05) is 31.9 Å². The Kier molecular flexibility index (Phi) is 4.73. The van der Waals surface area contributed by atoms with Crippen LogP contribution in [-0.4, -0.2) is 62.1 Å². The summed E-state index contributed by atoms with van der Waals surface area (Å²) < 4.78 is 24.7. The molecular weight excluding hydrogens is 312 g/mol. The van der Waals surface area contributed by atoms with Crippen LogP contribution in [0.1, 0.15) is 24.8 Å². The van der Waals surface area contributed by atoms with Crippen molar-refractivity contribution in [1.82, 2.24) is 9.80 Å². The molecular formula is C17H24N2O3S. The number of fused-ring (bicyclic) bond motifs is 1. The van der Waals surface area contributed by atoms with Crippen LogP contribution in [0, 0.1) is 6.92 Å². The monoisotopic (exact) mass is 336 g/mol. The van der Waals surface area contributed by atoms with E-state index in [1.807, 2.05) is 11.8 Å². The molecule has 0 N–H and O–H groups in total. The van der Waals surface area contributed by atoms with Gasteiger partial charge >= 0.3 is 0 Å². The molecule has 2 aliphatic rings. The second-order valence-electron chi connectivity index (χ2n) is 6.55. The standard InChI is InChI=1S/C17H24N2O3S/c1-14-4-6-16(7-5-14)23(21,22)12-8-17(20)19-11-10-18-9-2-3-15(18)13-19/h4-7,15H,2-3,8-13H2,1H3/t15-/m1/s1. The molecule has 126 valence electrons. The lowest BCUT2D eigenvalue weighted by molar-refractivity contribution is -0.133. The highest BCUT2D eigenvalue weighted by atomic mass is 32.2. The number of rotatable bonds is 4. The average molecular weight is 336 g/mol. The maximum atomic E-state index is 12.4. The van der Waals surface area contributed by atoms with Crippen molar-refractivity contribution in [3.8, 4) is 0 Å². The third kappa shape index (κ3) is 3.75. The molecule has 5 nitrogen and oxygen atoms in total. The van der Waals surface area contributed by atoms with Crippen LogP contribution in [0.3, 0.4) is 0 Å². The number of sulfone groups is 1. The van der Waals surface area contributed by atoms with Gasteiger partial charge in [0.25, 0.3) is 0 Å². The van der Waals surface area contributed by atoms with Crippen molar-refractivity contribution in [2.24, 2.45) is 0 Å². The Balaban J connectivity index is 1.57. The SMILES string of the molecule is Cc1ccc(S(=O)(=O)CCC(=O)N2CCN3CCC[C@@H]3C2)cc1. The molecule has 2 fully saturated rings. The van der Waals surface area contributed by atoms with Gasteiger partial charge in [-0.2, -0.15) is 0 Å². The molecule has 3 rings (SSSR count). The van der Waals surface area contributed by atoms with Crippen molar-refractivity contribution in [1.29, 1.82) is 0 Å². The van der Waals surface area contributed by atoms with Crippen LogP contribution in [0.25, 0.3) is 0 Å². The van der Waals surface area contributed by atoms with Crippen LogP contribution in [0.2, 0.25) is 0 Å². The molecule has 1 atom stereocenters. The lowest BCUT2D eigenvalue weighted by Gasteiger charge is -2.37. The zero-order valence-corrected chi connectivity index (χ0v) is 14.4. The van der Waals surface area contributed by atoms with Gasteiger partial charge in [0.1, 0.15) is 0 Å². The van der Waals surface area contributed by atoms with E-state index in [9.17, 15) is 13.2 Å². The number of hydrogen-bond acceptors (Lipinski definition) is 4. The summed E-state index contributed by atoms with van der Waals surface area (Å²) in [6.07, 6.45) is 2.42. The highest BCUT2D eigenvalue weighted by Gasteiger charge is 2.32. The minimum Gasteiger partial charge on any atom is -0.340 e. The van der Waals surface area contributed by atoms with E-state index in [2.05, 4.69) is 4.90 Å². The van der Waals surface area contributed by atoms with Crippen molar-refractivity contribution in [2.45, 2.75) is 37.1 Å². The van der Waals surface area contributed by atoms with Crippen LogP contribution in [0.5, 0.6) is 0 Å². The molecule has 23 heavy (non-hydrogen) atoms. The summed E-state index contributed by atoms with van der Waals surface area (Å²) in [5.74, 6) is -0.146. The predicted octanol–water partition coefficient (Wildman–Crippen LogP) is 1.47. The lowest BCUT2D eigenvalue weighted by Crippen LogP contribution is -2.52. The highest BCUT2D eigenvalue weighted by Crippen LogP contribution is 2.22. The summed E-state index contributed by atoms with van der Waals surface area (Å²) in [5.41, 5.74) is 1.02. The molecule has 0 aliphatic carbocycles. The second kappa shape index (κ2) is 6.61. The number of nitrogens with zero attached hydrogens (tertiary/aromatic N) is 2. The van der Waals surface area contributed by atoms with E-state index >= 15 is 0 Å². The van der Waals surface area contributed by atoms with E-state index in [0.717, 1.165) is 38.2 Å². The fraction of sp³-hybridized carbons (Fsp3) is 0.588. The summed E-state index contributed by atoms with van der Waals surface area (Å²) >= 11 is 0. The fourth-order valence-electron chi connectivity index (χ4n) is 3.46. The number of amides is 1. The van der Waals surface area contributed by atoms with Crippen LogP contribution in [0.15, 0.2) is 29.2 Å². The maximum Gasteiger partial charge on any atom is 0.223 e. The summed E-state index contributed by atoms with van der Waals surface area (Å²) in [7, 11) is -3.39. The Bertz CT molecular complexity index is 670. The number of aryl methyl sites for hydroxylation is 1. The number of piperazine rings is 1. The normalized spacial score (nSPS) is 22.1. The van der Waals surface area contributed by atoms with E-state index in [0.29, 0.717) is 10.9 Å². The minimum absolute atomic E-state index is 0.0350. The Morgan fingerprint density at radius 2 is 1.91 bits per heavy atom. The van der Waals surface area contributed by atoms with Crippen LogP contribution < -0.4 is 0 Å². The molecule has 1 amide bonds. The van der Waals surface area contributed by atoms with E-state index in [1.54, 1.807) is 24.3 Å². The van der Waals surface area contributed by atoms with Gasteiger partial charge in [0.05, 0.1) is 10.6 Å². The van der Waals surface area contributed by atoms with Crippen molar-refractivity contribution < 1.29 is 13.2 Å². The smallest absolute Gasteiger partial charge is 0.223 e. The molecule has 0 bridgehead atoms. The van der Waals surface area contributed by atoms with Gasteiger partial charge in [0.15, 0.2) is 9.84 Å². The minimum atomic E-state index is -3.39. The number of hydrogen-bond donors (Lipinski definition) is 0. The Hall–Kier alpha value is -1.40. The molecule has 6 heteroatoms. The van der Waals surface area contributed by atoms with Gasteiger partial charge in [-0.15, -0.1) is 0 Å². The van der Waals surface area contributed by atoms with Crippen molar-refractivity contribution >= 4 is 15.7 Å². The molecule has 0 spiro atoms. The lowest BCUT2D eigenvalue weighted by atomic mass is 10.1. The molecule has 2 saturated heterocycles. The summed E-state index contributed by atoms with van der Waals surface area (Å²) in [6.45, 7) is 5.45. The second-order valence-corrected chi connectivity index (χ2v) is 8.66. The van der Waals surface area contributed by atoms with Gasteiger partial charge in [-0.05, 0) is 38.4 Å². The van der Waals surface area contributed by atoms with Gasteiger partial charge in [-0.1, -0.05) is 17.7 Å². The number of carbonyl (C=O) groups is 1. The van der Waals surface area contributed by atoms with Crippen LogP contribution >= 0.6 is 0 Å². The Labute approximate surface area is 138 Å². The first kappa shape index (κ1) is 16.5. The topological polar surface area (TPSA) is 57.7 Å². The molecule has 0 saturated carbocycles. The fourth-order valence-corrected chi connectivity index (χ4v) is 4.69. The zero-order chi connectivity index (χ0) is 16.4. The van der Waals surface area contributed by atoms with Crippen molar-refractivity contribution in [3.63, 3.8) is 0 Å². The molecule has 2 heterocycles. The predicted molar refractivity (Wildman–Crippen MR) is 89.0 cm³/mol. The largest absolute Gasteiger partial charge is 0.340 e. The summed E-state index contributed by atoms with van der Waals surface area (Å²) in [6, 6.07) is 7.28. The van der Waals surface area contributed by atoms with Gasteiger partial charge in [-0.3, -0.25) is 9.69 Å². The summed E-state index contributed by atoms with van der Waals surface area (Å²) in [4.78, 5) is 16.9. The molecule has 2 aliphatic heterocycles. The van der Waals surface area contributed by atoms with E-state index < -0.39 is 9.84 Å².